The van der Waals surface area contributed by atoms with Gasteiger partial charge in [0.05, 0.1) is 0 Å². The lowest BCUT2D eigenvalue weighted by Gasteiger charge is -2.43. The average molecular weight is 660 g/mol. The molecule has 1 saturated heterocycles. The van der Waals surface area contributed by atoms with Gasteiger partial charge < -0.3 is 28.4 Å². The Morgan fingerprint density at radius 1 is 0.452 bits per heavy atom. The Bertz CT molecular complexity index is 1040. The topological polar surface area (TPSA) is 141 Å². The van der Waals surface area contributed by atoms with E-state index in [1.165, 1.54) is 0 Å². The van der Waals surface area contributed by atoms with Gasteiger partial charge in [-0.3, -0.25) is 0 Å². The molecule has 0 amide bonds. The van der Waals surface area contributed by atoms with Gasteiger partial charge in [-0.25, -0.2) is 24.0 Å². The maximum Gasteiger partial charge on any atom is 0.491 e. The first-order chi connectivity index (χ1) is 18.6. The van der Waals surface area contributed by atoms with Crippen LogP contribution >= 0.6 is 0 Å². The summed E-state index contributed by atoms with van der Waals surface area (Å²) < 4.78 is 212. The molecule has 1 fully saturated rings. The molecule has 0 spiro atoms. The lowest BCUT2D eigenvalue weighted by molar-refractivity contribution is -0.321. The second kappa shape index (κ2) is 12.2. The van der Waals surface area contributed by atoms with E-state index in [4.69, 9.17) is 0 Å². The Kier molecular flexibility index (Phi) is 10.6. The minimum absolute atomic E-state index is 2.31. The summed E-state index contributed by atoms with van der Waals surface area (Å²) in [7, 11) is 0. The van der Waals surface area contributed by atoms with E-state index >= 15 is 0 Å². The Labute approximate surface area is 217 Å². The molecule has 0 saturated carbocycles. The van der Waals surface area contributed by atoms with Gasteiger partial charge in [0.15, 0.2) is 12.2 Å². The van der Waals surface area contributed by atoms with E-state index in [0.717, 1.165) is 0 Å². The Morgan fingerprint density at radius 2 is 0.762 bits per heavy atom. The van der Waals surface area contributed by atoms with Crippen LogP contribution in [0.3, 0.4) is 0 Å². The van der Waals surface area contributed by atoms with Crippen LogP contribution in [-0.4, -0.2) is 98.0 Å². The third-order valence-corrected chi connectivity index (χ3v) is 4.08. The SMILES string of the molecule is O=C(OC[C@H]1O[C@H](OC(=O)C(F)(F)F)[C@H](OC(=O)C(F)(F)F)[C@@H](OC(=O)C(F)(F)F)[C@H]1OC(=O)C(F)(F)F)C(F)(F)F. The molecule has 0 N–H and O–H groups in total. The summed E-state index contributed by atoms with van der Waals surface area (Å²) in [6.07, 6.45) is -49.3. The van der Waals surface area contributed by atoms with Crippen LogP contribution in [0.4, 0.5) is 65.9 Å². The monoisotopic (exact) mass is 660 g/mol. The molecule has 1 aliphatic rings. The number of halogens is 15. The highest BCUT2D eigenvalue weighted by molar-refractivity contribution is 5.78. The minimum atomic E-state index is -6.29. The number of ether oxygens (including phenoxy) is 6. The average Bonchev–Trinajstić information content (AvgIpc) is 2.77. The third-order valence-electron chi connectivity index (χ3n) is 4.08. The molecule has 5 atom stereocenters. The van der Waals surface area contributed by atoms with Crippen LogP contribution in [0.2, 0.25) is 0 Å². The van der Waals surface area contributed by atoms with Crippen LogP contribution in [0.1, 0.15) is 0 Å². The third kappa shape index (κ3) is 9.97. The quantitative estimate of drug-likeness (QED) is 0.236. The van der Waals surface area contributed by atoms with Gasteiger partial charge in [-0.1, -0.05) is 0 Å². The highest BCUT2D eigenvalue weighted by atomic mass is 19.4. The van der Waals surface area contributed by atoms with E-state index in [1.54, 1.807) is 0 Å². The lowest BCUT2D eigenvalue weighted by Crippen LogP contribution is -2.65. The minimum Gasteiger partial charge on any atom is -0.456 e. The van der Waals surface area contributed by atoms with Crippen LogP contribution in [0.15, 0.2) is 0 Å². The van der Waals surface area contributed by atoms with Gasteiger partial charge in [0.1, 0.15) is 12.7 Å². The molecule has 42 heavy (non-hydrogen) atoms. The van der Waals surface area contributed by atoms with Crippen molar-refractivity contribution in [3.8, 4) is 0 Å². The molecule has 242 valence electrons. The molecule has 0 aromatic carbocycles. The highest BCUT2D eigenvalue weighted by Gasteiger charge is 2.60. The van der Waals surface area contributed by atoms with Crippen LogP contribution in [0.25, 0.3) is 0 Å². The zero-order valence-electron chi connectivity index (χ0n) is 18.8. The van der Waals surface area contributed by atoms with Gasteiger partial charge in [0, 0.05) is 0 Å². The summed E-state index contributed by atoms with van der Waals surface area (Å²) in [4.78, 5) is 56.1. The summed E-state index contributed by atoms with van der Waals surface area (Å²) in [6.45, 7) is -2.31. The second-order valence-corrected chi connectivity index (χ2v) is 7.15. The first kappa shape index (κ1) is 36.3. The Morgan fingerprint density at radius 3 is 1.12 bits per heavy atom. The number of carbonyl (C=O) groups excluding carboxylic acids is 5. The fourth-order valence-electron chi connectivity index (χ4n) is 2.49. The summed E-state index contributed by atoms with van der Waals surface area (Å²) in [5.41, 5.74) is 0. The number of hydrogen-bond acceptors (Lipinski definition) is 11. The molecule has 0 bridgehead atoms. The van der Waals surface area contributed by atoms with Crippen molar-refractivity contribution in [1.82, 2.24) is 0 Å². The van der Waals surface area contributed by atoms with Crippen LogP contribution in [0.5, 0.6) is 0 Å². The second-order valence-electron chi connectivity index (χ2n) is 7.15. The summed E-state index contributed by atoms with van der Waals surface area (Å²) >= 11 is 0. The number of alkyl halides is 15. The fourth-order valence-corrected chi connectivity index (χ4v) is 2.49. The van der Waals surface area contributed by atoms with Gasteiger partial charge >= 0.3 is 60.7 Å². The normalized spacial score (nSPS) is 23.8. The maximum atomic E-state index is 12.8. The molecule has 0 aromatic heterocycles. The van der Waals surface area contributed by atoms with Crippen LogP contribution in [-0.2, 0) is 52.4 Å². The number of esters is 5. The van der Waals surface area contributed by atoms with Gasteiger partial charge in [-0.15, -0.1) is 0 Å². The summed E-state index contributed by atoms with van der Waals surface area (Å²) in [5, 5.41) is 0. The largest absolute Gasteiger partial charge is 0.491 e. The summed E-state index contributed by atoms with van der Waals surface area (Å²) in [5.74, 6) is -17.7. The zero-order valence-corrected chi connectivity index (χ0v) is 18.8. The fraction of sp³-hybridized carbons (Fsp3) is 0.688. The molecule has 1 aliphatic heterocycles. The van der Waals surface area contributed by atoms with E-state index in [2.05, 4.69) is 28.4 Å². The molecule has 1 rings (SSSR count). The van der Waals surface area contributed by atoms with Crippen molar-refractivity contribution in [2.45, 2.75) is 61.6 Å². The van der Waals surface area contributed by atoms with Crippen molar-refractivity contribution in [3.63, 3.8) is 0 Å². The van der Waals surface area contributed by atoms with Crippen molar-refractivity contribution in [3.05, 3.63) is 0 Å². The molecule has 0 aliphatic carbocycles. The van der Waals surface area contributed by atoms with Gasteiger partial charge in [0.2, 0.25) is 12.4 Å². The molecule has 0 aromatic rings. The van der Waals surface area contributed by atoms with E-state index in [9.17, 15) is 89.8 Å². The smallest absolute Gasteiger partial charge is 0.456 e. The Hall–Kier alpha value is -3.74. The van der Waals surface area contributed by atoms with Gasteiger partial charge in [0.25, 0.3) is 0 Å². The molecule has 1 heterocycles. The van der Waals surface area contributed by atoms with E-state index in [-0.39, 0.29) is 0 Å². The van der Waals surface area contributed by atoms with Crippen molar-refractivity contribution in [1.29, 1.82) is 0 Å². The van der Waals surface area contributed by atoms with Crippen LogP contribution < -0.4 is 0 Å². The van der Waals surface area contributed by atoms with Crippen molar-refractivity contribution < 1.29 is 118 Å². The number of hydrogen-bond donors (Lipinski definition) is 0. The van der Waals surface area contributed by atoms with E-state index in [1.807, 2.05) is 0 Å². The lowest BCUT2D eigenvalue weighted by atomic mass is 9.98. The highest BCUT2D eigenvalue weighted by Crippen LogP contribution is 2.35. The molecule has 0 unspecified atom stereocenters. The van der Waals surface area contributed by atoms with E-state index < -0.39 is 98.0 Å². The molecular formula is C16H7F15O11. The molecule has 0 radical (unpaired) electrons. The van der Waals surface area contributed by atoms with Crippen molar-refractivity contribution >= 4 is 29.8 Å². The molecule has 11 nitrogen and oxygen atoms in total. The zero-order chi connectivity index (χ0) is 33.2. The van der Waals surface area contributed by atoms with Crippen molar-refractivity contribution in [2.24, 2.45) is 0 Å². The van der Waals surface area contributed by atoms with Crippen molar-refractivity contribution in [2.75, 3.05) is 6.61 Å². The van der Waals surface area contributed by atoms with E-state index in [0.29, 0.717) is 0 Å². The number of rotatable bonds is 6. The van der Waals surface area contributed by atoms with Gasteiger partial charge in [-0.2, -0.15) is 65.9 Å². The molecular weight excluding hydrogens is 653 g/mol. The standard InChI is InChI=1S/C16H7F15O11/c17-12(18,19)7(32)37-1-2-3(39-8(33)13(20,21)22)4(40-9(34)14(23,24)25)5(41-10(35)15(26,27)28)6(38-2)42-11(36)16(29,30)31/h2-6H,1H2/t2-,3+,4+,5-,6-/m1/s1. The Balaban J connectivity index is 3.82. The first-order valence-corrected chi connectivity index (χ1v) is 9.57. The predicted molar refractivity (Wildman–Crippen MR) is 85.6 cm³/mol. The first-order valence-electron chi connectivity index (χ1n) is 9.57. The molecule has 26 heteroatoms. The maximum absolute atomic E-state index is 12.8. The van der Waals surface area contributed by atoms with Crippen LogP contribution in [0, 0.1) is 0 Å². The van der Waals surface area contributed by atoms with Gasteiger partial charge in [-0.05, 0) is 0 Å². The predicted octanol–water partition coefficient (Wildman–Crippen LogP) is 2.34. The number of carbonyl (C=O) groups is 5. The summed E-state index contributed by atoms with van der Waals surface area (Å²) in [6, 6.07) is 0.